The van der Waals surface area contributed by atoms with E-state index in [9.17, 15) is 13.2 Å². The number of carbonyl (C=O) groups is 1. The van der Waals surface area contributed by atoms with E-state index in [-0.39, 0.29) is 11.5 Å². The standard InChI is InChI=1S/C17H19ClN2O4S/c1-3-24-17(21)16(13-8-10-14(18)11-9-13)20(19)25(22,23)15-7-5-4-6-12(15)2/h4-11,16H,3,19H2,1-2H3. The first-order chi connectivity index (χ1) is 11.8. The Bertz CT molecular complexity index is 853. The van der Waals surface area contributed by atoms with E-state index in [2.05, 4.69) is 0 Å². The van der Waals surface area contributed by atoms with E-state index in [1.54, 1.807) is 44.2 Å². The summed E-state index contributed by atoms with van der Waals surface area (Å²) in [7, 11) is -4.11. The molecule has 2 aromatic rings. The van der Waals surface area contributed by atoms with Crippen molar-refractivity contribution in [3.8, 4) is 0 Å². The van der Waals surface area contributed by atoms with E-state index in [1.165, 1.54) is 18.2 Å². The molecular weight excluding hydrogens is 364 g/mol. The number of ether oxygens (including phenoxy) is 1. The Morgan fingerprint density at radius 2 is 1.80 bits per heavy atom. The third kappa shape index (κ3) is 4.19. The molecule has 2 rings (SSSR count). The van der Waals surface area contributed by atoms with Crippen LogP contribution in [-0.2, 0) is 19.6 Å². The molecule has 0 saturated carbocycles. The van der Waals surface area contributed by atoms with E-state index in [1.807, 2.05) is 0 Å². The fraction of sp³-hybridized carbons (Fsp3) is 0.235. The Morgan fingerprint density at radius 3 is 2.36 bits per heavy atom. The number of halogens is 1. The highest BCUT2D eigenvalue weighted by Crippen LogP contribution is 2.28. The van der Waals surface area contributed by atoms with Crippen LogP contribution in [0.5, 0.6) is 0 Å². The van der Waals surface area contributed by atoms with Gasteiger partial charge in [-0.25, -0.2) is 13.2 Å². The summed E-state index contributed by atoms with van der Waals surface area (Å²) in [5.74, 6) is 5.15. The molecule has 0 aromatic heterocycles. The molecule has 1 atom stereocenters. The van der Waals surface area contributed by atoms with Crippen LogP contribution in [0.3, 0.4) is 0 Å². The van der Waals surface area contributed by atoms with Gasteiger partial charge in [0.05, 0.1) is 11.5 Å². The zero-order valence-electron chi connectivity index (χ0n) is 13.8. The molecule has 25 heavy (non-hydrogen) atoms. The largest absolute Gasteiger partial charge is 0.464 e. The monoisotopic (exact) mass is 382 g/mol. The molecule has 8 heteroatoms. The van der Waals surface area contributed by atoms with Gasteiger partial charge in [-0.3, -0.25) is 5.84 Å². The van der Waals surface area contributed by atoms with Crippen LogP contribution in [0.15, 0.2) is 53.4 Å². The number of rotatable bonds is 6. The van der Waals surface area contributed by atoms with Crippen molar-refractivity contribution in [2.75, 3.05) is 6.61 Å². The number of nitrogens with two attached hydrogens (primary N) is 1. The van der Waals surface area contributed by atoms with E-state index in [0.29, 0.717) is 20.6 Å². The first-order valence-electron chi connectivity index (χ1n) is 7.56. The number of nitrogens with zero attached hydrogens (tertiary/aromatic N) is 1. The molecule has 2 aromatic carbocycles. The highest BCUT2D eigenvalue weighted by Gasteiger charge is 2.36. The zero-order valence-corrected chi connectivity index (χ0v) is 15.4. The molecule has 0 heterocycles. The second-order valence-corrected chi connectivity index (χ2v) is 7.55. The molecule has 0 fully saturated rings. The van der Waals surface area contributed by atoms with Crippen LogP contribution in [-0.4, -0.2) is 25.4 Å². The van der Waals surface area contributed by atoms with Gasteiger partial charge in [0.15, 0.2) is 6.04 Å². The molecule has 1 unspecified atom stereocenters. The highest BCUT2D eigenvalue weighted by molar-refractivity contribution is 7.89. The van der Waals surface area contributed by atoms with E-state index in [4.69, 9.17) is 22.2 Å². The lowest BCUT2D eigenvalue weighted by molar-refractivity contribution is -0.148. The van der Waals surface area contributed by atoms with Crippen LogP contribution in [0.2, 0.25) is 5.02 Å². The third-order valence-electron chi connectivity index (χ3n) is 3.60. The SMILES string of the molecule is CCOC(=O)C(c1ccc(Cl)cc1)N(N)S(=O)(=O)c1ccccc1C. The van der Waals surface area contributed by atoms with E-state index < -0.39 is 22.0 Å². The van der Waals surface area contributed by atoms with Crippen LogP contribution in [0, 0.1) is 6.92 Å². The van der Waals surface area contributed by atoms with E-state index >= 15 is 0 Å². The van der Waals surface area contributed by atoms with Gasteiger partial charge in [0.2, 0.25) is 0 Å². The number of carbonyl (C=O) groups excluding carboxylic acids is 1. The first kappa shape index (κ1) is 19.4. The van der Waals surface area contributed by atoms with Crippen molar-refractivity contribution in [2.45, 2.75) is 24.8 Å². The quantitative estimate of drug-likeness (QED) is 0.471. The molecule has 0 saturated heterocycles. The van der Waals surface area contributed by atoms with Gasteiger partial charge in [-0.15, -0.1) is 4.41 Å². The fourth-order valence-electron chi connectivity index (χ4n) is 2.35. The van der Waals surface area contributed by atoms with Crippen LogP contribution >= 0.6 is 11.6 Å². The molecule has 0 aliphatic heterocycles. The molecule has 2 N–H and O–H groups in total. The minimum atomic E-state index is -4.11. The van der Waals surface area contributed by atoms with Crippen molar-refractivity contribution in [3.63, 3.8) is 0 Å². The smallest absolute Gasteiger partial charge is 0.330 e. The maximum atomic E-state index is 12.9. The van der Waals surface area contributed by atoms with Gasteiger partial charge in [-0.1, -0.05) is 41.9 Å². The van der Waals surface area contributed by atoms with Gasteiger partial charge < -0.3 is 4.74 Å². The summed E-state index contributed by atoms with van der Waals surface area (Å²) >= 11 is 5.86. The lowest BCUT2D eigenvalue weighted by atomic mass is 10.1. The van der Waals surface area contributed by atoms with Gasteiger partial charge in [0, 0.05) is 5.02 Å². The summed E-state index contributed by atoms with van der Waals surface area (Å²) in [5, 5.41) is 0.455. The Kier molecular flexibility index (Phi) is 6.18. The zero-order chi connectivity index (χ0) is 18.6. The molecule has 0 bridgehead atoms. The molecular formula is C17H19ClN2O4S. The Balaban J connectivity index is 2.51. The summed E-state index contributed by atoms with van der Waals surface area (Å²) in [5.41, 5.74) is 0.888. The molecule has 0 amide bonds. The predicted octanol–water partition coefficient (Wildman–Crippen LogP) is 2.82. The third-order valence-corrected chi connectivity index (χ3v) is 5.63. The maximum absolute atomic E-state index is 12.9. The second-order valence-electron chi connectivity index (χ2n) is 5.31. The molecule has 0 spiro atoms. The summed E-state index contributed by atoms with van der Waals surface area (Å²) in [6.07, 6.45) is 0. The Morgan fingerprint density at radius 1 is 1.20 bits per heavy atom. The molecule has 0 radical (unpaired) electrons. The lowest BCUT2D eigenvalue weighted by Crippen LogP contribution is -2.44. The maximum Gasteiger partial charge on any atom is 0.330 e. The first-order valence-corrected chi connectivity index (χ1v) is 9.37. The number of esters is 1. The number of hydrazine groups is 1. The van der Waals surface area contributed by atoms with Gasteiger partial charge in [-0.2, -0.15) is 0 Å². The van der Waals surface area contributed by atoms with Crippen molar-refractivity contribution >= 4 is 27.6 Å². The lowest BCUT2D eigenvalue weighted by Gasteiger charge is -2.26. The summed E-state index contributed by atoms with van der Waals surface area (Å²) in [4.78, 5) is 12.4. The number of hydrogen-bond donors (Lipinski definition) is 1. The van der Waals surface area contributed by atoms with Crippen molar-refractivity contribution in [3.05, 3.63) is 64.7 Å². The minimum absolute atomic E-state index is 0.0285. The Labute approximate surface area is 152 Å². The normalized spacial score (nSPS) is 12.8. The van der Waals surface area contributed by atoms with Crippen LogP contribution < -0.4 is 5.84 Å². The Hall–Kier alpha value is -1.93. The molecule has 0 aliphatic rings. The number of benzene rings is 2. The van der Waals surface area contributed by atoms with Gasteiger partial charge >= 0.3 is 5.97 Å². The summed E-state index contributed by atoms with van der Waals surface area (Å²) < 4.78 is 31.4. The predicted molar refractivity (Wildman–Crippen MR) is 95.2 cm³/mol. The van der Waals surface area contributed by atoms with Crippen LogP contribution in [0.1, 0.15) is 24.1 Å². The molecule has 134 valence electrons. The molecule has 0 aliphatic carbocycles. The van der Waals surface area contributed by atoms with Crippen molar-refractivity contribution in [2.24, 2.45) is 5.84 Å². The fourth-order valence-corrected chi connectivity index (χ4v) is 3.92. The summed E-state index contributed by atoms with van der Waals surface area (Å²) in [6, 6.07) is 11.3. The van der Waals surface area contributed by atoms with Crippen molar-refractivity contribution in [1.29, 1.82) is 0 Å². The molecule has 6 nitrogen and oxygen atoms in total. The van der Waals surface area contributed by atoms with Gasteiger partial charge in [-0.05, 0) is 43.2 Å². The van der Waals surface area contributed by atoms with Crippen LogP contribution in [0.25, 0.3) is 0 Å². The average molecular weight is 383 g/mol. The minimum Gasteiger partial charge on any atom is -0.464 e. The van der Waals surface area contributed by atoms with Gasteiger partial charge in [0.25, 0.3) is 10.0 Å². The van der Waals surface area contributed by atoms with Gasteiger partial charge in [0.1, 0.15) is 0 Å². The average Bonchev–Trinajstić information content (AvgIpc) is 2.57. The number of aryl methyl sites for hydroxylation is 1. The summed E-state index contributed by atoms with van der Waals surface area (Å²) in [6.45, 7) is 3.39. The van der Waals surface area contributed by atoms with E-state index in [0.717, 1.165) is 0 Å². The number of sulfonamides is 1. The van der Waals surface area contributed by atoms with Crippen molar-refractivity contribution in [1.82, 2.24) is 4.41 Å². The van der Waals surface area contributed by atoms with Crippen LogP contribution in [0.4, 0.5) is 0 Å². The highest BCUT2D eigenvalue weighted by atomic mass is 35.5. The number of hydrogen-bond acceptors (Lipinski definition) is 5. The topological polar surface area (TPSA) is 89.7 Å². The second kappa shape index (κ2) is 7.97. The van der Waals surface area contributed by atoms with Crippen molar-refractivity contribution < 1.29 is 17.9 Å².